The number of carbonyl (C=O) groups excluding carboxylic acids is 2. The molecule has 3 fully saturated rings. The zero-order valence-electron chi connectivity index (χ0n) is 34.5. The van der Waals surface area contributed by atoms with Crippen LogP contribution in [0.1, 0.15) is 195 Å². The van der Waals surface area contributed by atoms with Crippen molar-refractivity contribution in [2.75, 3.05) is 6.61 Å². The SMILES string of the molecule is CCCCCCCCCCCCCCCCCCCCCCCC(=O)O.C[C@@H]1C[C@H]2[C@@H]3CCC4=CC(=O)C=C[C@]4(C)[C@@]3(F)[C@@H](O)C[C@]2(C)[C@@]1(O)C(=O)CO. The number of allylic oxidation sites excluding steroid dienone is 4. The summed E-state index contributed by atoms with van der Waals surface area (Å²) in [5, 5.41) is 40.5. The molecule has 0 spiro atoms. The van der Waals surface area contributed by atoms with Gasteiger partial charge in [-0.1, -0.05) is 161 Å². The molecule has 0 aromatic rings. The number of aliphatic hydroxyl groups is 3. The van der Waals surface area contributed by atoms with E-state index >= 15 is 4.39 Å². The Morgan fingerprint density at radius 2 is 1.26 bits per heavy atom. The fourth-order valence-electron chi connectivity index (χ4n) is 11.0. The van der Waals surface area contributed by atoms with Crippen LogP contribution in [0.3, 0.4) is 0 Å². The number of carbonyl (C=O) groups is 3. The van der Waals surface area contributed by atoms with E-state index in [1.165, 1.54) is 134 Å². The Kier molecular flexibility index (Phi) is 19.1. The number of alkyl halides is 1. The number of hydrogen-bond donors (Lipinski definition) is 4. The van der Waals surface area contributed by atoms with Gasteiger partial charge in [-0.2, -0.15) is 0 Å². The molecule has 4 aliphatic carbocycles. The van der Waals surface area contributed by atoms with Gasteiger partial charge in [0.15, 0.2) is 17.2 Å². The summed E-state index contributed by atoms with van der Waals surface area (Å²) in [5.74, 6) is -2.77. The average Bonchev–Trinajstić information content (AvgIpc) is 3.34. The molecule has 54 heavy (non-hydrogen) atoms. The van der Waals surface area contributed by atoms with Crippen molar-refractivity contribution < 1.29 is 39.2 Å². The predicted octanol–water partition coefficient (Wildman–Crippen LogP) is 10.6. The second-order valence-corrected chi connectivity index (χ2v) is 18.0. The summed E-state index contributed by atoms with van der Waals surface area (Å²) in [5.41, 5.74) is -5.17. The van der Waals surface area contributed by atoms with Crippen molar-refractivity contribution in [2.24, 2.45) is 28.6 Å². The molecule has 7 nitrogen and oxygen atoms in total. The quantitative estimate of drug-likeness (QED) is 0.0720. The lowest BCUT2D eigenvalue weighted by molar-refractivity contribution is -0.219. The lowest BCUT2D eigenvalue weighted by atomic mass is 9.44. The van der Waals surface area contributed by atoms with E-state index in [1.807, 2.05) is 0 Å². The molecule has 4 aliphatic rings. The predicted molar refractivity (Wildman–Crippen MR) is 215 cm³/mol. The lowest BCUT2D eigenvalue weighted by Gasteiger charge is -2.62. The summed E-state index contributed by atoms with van der Waals surface area (Å²) in [6.45, 7) is 6.77. The summed E-state index contributed by atoms with van der Waals surface area (Å²) in [6.07, 6.45) is 33.5. The van der Waals surface area contributed by atoms with Crippen LogP contribution in [0.25, 0.3) is 0 Å². The number of fused-ring (bicyclic) bond motifs is 5. The summed E-state index contributed by atoms with van der Waals surface area (Å²) in [6, 6.07) is 0. The van der Waals surface area contributed by atoms with Crippen LogP contribution in [0.15, 0.2) is 23.8 Å². The van der Waals surface area contributed by atoms with Gasteiger partial charge in [0.2, 0.25) is 0 Å². The fourth-order valence-corrected chi connectivity index (χ4v) is 11.0. The van der Waals surface area contributed by atoms with Crippen molar-refractivity contribution in [1.82, 2.24) is 0 Å². The highest BCUT2D eigenvalue weighted by Crippen LogP contribution is 2.70. The molecule has 310 valence electrons. The standard InChI is InChI=1S/C24H48O2.C22H29FO5/c1-2-3-4-5-6-7-8-9-10-11-12-13-14-15-16-17-18-19-20-21-22-23-24(25)26;1-12-8-16-15-5-4-13-9-14(25)6-7-19(13,2)21(15,23)17(26)10-20(16,3)22(12,28)18(27)11-24/h2-23H2,1H3,(H,25,26);6-7,9,12,15-17,24,26,28H,4-5,8,10-11H2,1-3H3/t;12-,15+,16+,17+,19+,20+,21+,22+/m.1/s1. The maximum Gasteiger partial charge on any atom is 0.303 e. The van der Waals surface area contributed by atoms with Gasteiger partial charge in [-0.25, -0.2) is 4.39 Å². The lowest BCUT2D eigenvalue weighted by Crippen LogP contribution is -2.69. The number of aliphatic carboxylic acids is 1. The number of rotatable bonds is 24. The van der Waals surface area contributed by atoms with Crippen LogP contribution in [0.5, 0.6) is 0 Å². The smallest absolute Gasteiger partial charge is 0.303 e. The van der Waals surface area contributed by atoms with Crippen LogP contribution in [-0.2, 0) is 14.4 Å². The highest BCUT2D eigenvalue weighted by Gasteiger charge is 2.75. The second-order valence-electron chi connectivity index (χ2n) is 18.0. The van der Waals surface area contributed by atoms with Crippen molar-refractivity contribution in [3.8, 4) is 0 Å². The Balaban J connectivity index is 0.000000292. The Morgan fingerprint density at radius 3 is 1.70 bits per heavy atom. The van der Waals surface area contributed by atoms with E-state index in [9.17, 15) is 29.7 Å². The molecule has 0 heterocycles. The third-order valence-corrected chi connectivity index (χ3v) is 14.3. The Labute approximate surface area is 327 Å². The van der Waals surface area contributed by atoms with E-state index in [2.05, 4.69) is 6.92 Å². The minimum Gasteiger partial charge on any atom is -0.481 e. The first-order chi connectivity index (χ1) is 25.7. The summed E-state index contributed by atoms with van der Waals surface area (Å²) >= 11 is 0. The maximum absolute atomic E-state index is 16.9. The topological polar surface area (TPSA) is 132 Å². The van der Waals surface area contributed by atoms with Gasteiger partial charge in [-0.15, -0.1) is 0 Å². The molecule has 4 rings (SSSR count). The minimum atomic E-state index is -1.98. The fraction of sp³-hybridized carbons (Fsp3) is 0.848. The van der Waals surface area contributed by atoms with Crippen LogP contribution in [0.2, 0.25) is 0 Å². The van der Waals surface area contributed by atoms with Crippen molar-refractivity contribution >= 4 is 17.5 Å². The summed E-state index contributed by atoms with van der Waals surface area (Å²) in [7, 11) is 0. The molecule has 8 heteroatoms. The van der Waals surface area contributed by atoms with Crippen molar-refractivity contribution in [2.45, 2.75) is 212 Å². The van der Waals surface area contributed by atoms with Gasteiger partial charge < -0.3 is 20.4 Å². The third-order valence-electron chi connectivity index (χ3n) is 14.3. The largest absolute Gasteiger partial charge is 0.481 e. The zero-order chi connectivity index (χ0) is 39.8. The molecule has 0 amide bonds. The normalized spacial score (nSPS) is 32.6. The second kappa shape index (κ2) is 22.1. The number of aliphatic hydroxyl groups excluding tert-OH is 2. The number of Topliss-reactive ketones (excluding diaryl/α,β-unsaturated/α-hetero) is 1. The van der Waals surface area contributed by atoms with Crippen LogP contribution >= 0.6 is 0 Å². The first-order valence-corrected chi connectivity index (χ1v) is 22.1. The van der Waals surface area contributed by atoms with Gasteiger partial charge in [-0.3, -0.25) is 14.4 Å². The molecule has 3 saturated carbocycles. The molecular weight excluding hydrogens is 683 g/mol. The van der Waals surface area contributed by atoms with E-state index < -0.39 is 58.4 Å². The first-order valence-electron chi connectivity index (χ1n) is 22.1. The molecule has 0 aromatic heterocycles. The van der Waals surface area contributed by atoms with Crippen molar-refractivity contribution in [1.29, 1.82) is 0 Å². The van der Waals surface area contributed by atoms with Crippen LogP contribution in [0.4, 0.5) is 4.39 Å². The first kappa shape index (κ1) is 46.5. The molecule has 4 N–H and O–H groups in total. The highest BCUT2D eigenvalue weighted by molar-refractivity contribution is 6.01. The summed E-state index contributed by atoms with van der Waals surface area (Å²) in [4.78, 5) is 34.8. The number of carboxylic acid groups (broad SMARTS) is 1. The molecule has 0 aromatic carbocycles. The van der Waals surface area contributed by atoms with Gasteiger partial charge in [0.25, 0.3) is 0 Å². The maximum atomic E-state index is 16.9. The molecular formula is C46H77FO7. The van der Waals surface area contributed by atoms with Crippen LogP contribution < -0.4 is 0 Å². The van der Waals surface area contributed by atoms with Gasteiger partial charge in [0, 0.05) is 23.2 Å². The van der Waals surface area contributed by atoms with E-state index in [4.69, 9.17) is 5.11 Å². The monoisotopic (exact) mass is 761 g/mol. The Morgan fingerprint density at radius 1 is 0.796 bits per heavy atom. The van der Waals surface area contributed by atoms with Crippen molar-refractivity contribution in [3.05, 3.63) is 23.8 Å². The van der Waals surface area contributed by atoms with E-state index in [1.54, 1.807) is 26.8 Å². The number of unbranched alkanes of at least 4 members (excludes halogenated alkanes) is 20. The van der Waals surface area contributed by atoms with Crippen LogP contribution in [-0.4, -0.2) is 61.9 Å². The number of halogens is 1. The molecule has 0 saturated heterocycles. The van der Waals surface area contributed by atoms with E-state index in [0.29, 0.717) is 31.3 Å². The molecule has 0 aliphatic heterocycles. The molecule has 0 bridgehead atoms. The van der Waals surface area contributed by atoms with Gasteiger partial charge in [0.05, 0.1) is 6.10 Å². The highest BCUT2D eigenvalue weighted by atomic mass is 19.1. The number of carboxylic acids is 1. The van der Waals surface area contributed by atoms with E-state index in [0.717, 1.165) is 12.8 Å². The Bertz CT molecular complexity index is 1250. The minimum absolute atomic E-state index is 0.0676. The Hall–Kier alpha value is -1.90. The van der Waals surface area contributed by atoms with Gasteiger partial charge in [0.1, 0.15) is 12.2 Å². The average molecular weight is 761 g/mol. The molecule has 0 unspecified atom stereocenters. The molecule has 0 radical (unpaired) electrons. The third kappa shape index (κ3) is 10.9. The number of hydrogen-bond acceptors (Lipinski definition) is 6. The van der Waals surface area contributed by atoms with Crippen LogP contribution in [0, 0.1) is 28.6 Å². The van der Waals surface area contributed by atoms with E-state index in [-0.39, 0.29) is 18.1 Å². The van der Waals surface area contributed by atoms with Gasteiger partial charge >= 0.3 is 5.97 Å². The number of ketones is 2. The zero-order valence-corrected chi connectivity index (χ0v) is 34.5. The molecule has 8 atom stereocenters. The van der Waals surface area contributed by atoms with Gasteiger partial charge in [-0.05, 0) is 63.0 Å². The summed E-state index contributed by atoms with van der Waals surface area (Å²) < 4.78 is 16.9. The van der Waals surface area contributed by atoms with Crippen molar-refractivity contribution in [3.63, 3.8) is 0 Å².